The van der Waals surface area contributed by atoms with Crippen molar-refractivity contribution >= 4 is 0 Å². The van der Waals surface area contributed by atoms with Crippen LogP contribution in [0.25, 0.3) is 0 Å². The molecule has 20 heavy (non-hydrogen) atoms. The van der Waals surface area contributed by atoms with E-state index in [4.69, 9.17) is 0 Å². The molecule has 0 aromatic carbocycles. The van der Waals surface area contributed by atoms with Gasteiger partial charge in [0, 0.05) is 37.3 Å². The molecule has 0 spiro atoms. The van der Waals surface area contributed by atoms with E-state index in [1.54, 1.807) is 6.33 Å². The van der Waals surface area contributed by atoms with Gasteiger partial charge in [0.15, 0.2) is 0 Å². The molecular formula is C15H27N5. The Bertz CT molecular complexity index is 487. The van der Waals surface area contributed by atoms with Gasteiger partial charge in [-0.25, -0.2) is 4.98 Å². The lowest BCUT2D eigenvalue weighted by Crippen LogP contribution is -2.17. The molecule has 0 aliphatic carbocycles. The summed E-state index contributed by atoms with van der Waals surface area (Å²) in [5.74, 6) is 2.15. The van der Waals surface area contributed by atoms with E-state index in [1.807, 2.05) is 31.1 Å². The van der Waals surface area contributed by atoms with E-state index < -0.39 is 0 Å². The number of rotatable bonds is 0. The van der Waals surface area contributed by atoms with E-state index in [0.29, 0.717) is 0 Å². The molecule has 0 saturated heterocycles. The molecule has 0 aliphatic rings. The van der Waals surface area contributed by atoms with Crippen molar-refractivity contribution in [3.05, 3.63) is 30.4 Å². The maximum Gasteiger partial charge on any atom is 0.137 e. The minimum Gasteiger partial charge on any atom is -0.338 e. The molecule has 5 nitrogen and oxygen atoms in total. The summed E-state index contributed by atoms with van der Waals surface area (Å²) >= 11 is 0. The fourth-order valence-electron chi connectivity index (χ4n) is 2.05. The summed E-state index contributed by atoms with van der Waals surface area (Å²) in [6, 6.07) is 0. The zero-order chi connectivity index (χ0) is 15.6. The lowest BCUT2D eigenvalue weighted by molar-refractivity contribution is 0.520. The van der Waals surface area contributed by atoms with Gasteiger partial charge < -0.3 is 9.13 Å². The van der Waals surface area contributed by atoms with Gasteiger partial charge in [-0.15, -0.1) is 10.2 Å². The average Bonchev–Trinajstić information content (AvgIpc) is 2.85. The van der Waals surface area contributed by atoms with Crippen molar-refractivity contribution in [1.29, 1.82) is 0 Å². The van der Waals surface area contributed by atoms with Gasteiger partial charge in [0.2, 0.25) is 0 Å². The molecule has 2 aromatic heterocycles. The van der Waals surface area contributed by atoms with Gasteiger partial charge in [0.05, 0.1) is 0 Å². The highest BCUT2D eigenvalue weighted by atomic mass is 15.3. The zero-order valence-electron chi connectivity index (χ0n) is 14.0. The predicted octanol–water partition coefficient (Wildman–Crippen LogP) is 2.83. The van der Waals surface area contributed by atoms with Crippen LogP contribution in [0.5, 0.6) is 0 Å². The molecular weight excluding hydrogens is 250 g/mol. The Kier molecular flexibility index (Phi) is 4.73. The Labute approximate surface area is 122 Å². The van der Waals surface area contributed by atoms with E-state index in [1.165, 1.54) is 0 Å². The second-order valence-corrected chi connectivity index (χ2v) is 7.13. The smallest absolute Gasteiger partial charge is 0.137 e. The number of nitrogens with zero attached hydrogens (tertiary/aromatic N) is 5. The normalized spacial score (nSPS) is 12.0. The molecule has 0 aliphatic heterocycles. The van der Waals surface area contributed by atoms with Crippen molar-refractivity contribution in [2.24, 2.45) is 14.1 Å². The highest BCUT2D eigenvalue weighted by Gasteiger charge is 2.18. The lowest BCUT2D eigenvalue weighted by atomic mass is 9.96. The molecule has 5 heteroatoms. The molecule has 2 heterocycles. The van der Waals surface area contributed by atoms with Crippen LogP contribution < -0.4 is 0 Å². The standard InChI is InChI=1S/C8H14N2.C7H13N3/c1-8(2,3)7-9-5-6-10(7)4;1-7(2,3)6-9-8-5-10(6)4/h5-6H,1-4H3;5H,1-4H3. The van der Waals surface area contributed by atoms with Crippen LogP contribution in [0.1, 0.15) is 53.2 Å². The number of aryl methyl sites for hydroxylation is 2. The second-order valence-electron chi connectivity index (χ2n) is 7.13. The predicted molar refractivity (Wildman–Crippen MR) is 81.6 cm³/mol. The highest BCUT2D eigenvalue weighted by Crippen LogP contribution is 2.18. The van der Waals surface area contributed by atoms with Crippen molar-refractivity contribution in [2.75, 3.05) is 0 Å². The molecule has 0 bridgehead atoms. The van der Waals surface area contributed by atoms with Crippen molar-refractivity contribution in [3.8, 4) is 0 Å². The van der Waals surface area contributed by atoms with Gasteiger partial charge in [-0.2, -0.15) is 0 Å². The number of aromatic nitrogens is 5. The van der Waals surface area contributed by atoms with Gasteiger partial charge >= 0.3 is 0 Å². The maximum absolute atomic E-state index is 4.25. The summed E-state index contributed by atoms with van der Waals surface area (Å²) in [4.78, 5) is 4.25. The topological polar surface area (TPSA) is 48.5 Å². The molecule has 0 radical (unpaired) electrons. The Balaban J connectivity index is 0.000000200. The van der Waals surface area contributed by atoms with E-state index in [2.05, 4.69) is 61.3 Å². The minimum absolute atomic E-state index is 0.102. The van der Waals surface area contributed by atoms with Gasteiger partial charge in [-0.3, -0.25) is 0 Å². The Morgan fingerprint density at radius 3 is 1.60 bits per heavy atom. The van der Waals surface area contributed by atoms with Gasteiger partial charge in [0.1, 0.15) is 18.0 Å². The zero-order valence-corrected chi connectivity index (χ0v) is 14.0. The van der Waals surface area contributed by atoms with Crippen LogP contribution in [-0.4, -0.2) is 24.3 Å². The van der Waals surface area contributed by atoms with E-state index >= 15 is 0 Å². The summed E-state index contributed by atoms with van der Waals surface area (Å²) in [5.41, 5.74) is 0.267. The number of hydrogen-bond acceptors (Lipinski definition) is 3. The monoisotopic (exact) mass is 277 g/mol. The lowest BCUT2D eigenvalue weighted by Gasteiger charge is -2.17. The largest absolute Gasteiger partial charge is 0.338 e. The fourth-order valence-corrected chi connectivity index (χ4v) is 2.05. The van der Waals surface area contributed by atoms with Crippen LogP contribution in [0.3, 0.4) is 0 Å². The Morgan fingerprint density at radius 1 is 0.850 bits per heavy atom. The quantitative estimate of drug-likeness (QED) is 0.744. The summed E-state index contributed by atoms with van der Waals surface area (Å²) in [5, 5.41) is 7.80. The van der Waals surface area contributed by atoms with Crippen LogP contribution in [0.4, 0.5) is 0 Å². The Morgan fingerprint density at radius 2 is 1.40 bits per heavy atom. The first-order chi connectivity index (χ1) is 9.03. The average molecular weight is 277 g/mol. The minimum atomic E-state index is 0.102. The van der Waals surface area contributed by atoms with Crippen LogP contribution in [0, 0.1) is 0 Å². The van der Waals surface area contributed by atoms with E-state index in [0.717, 1.165) is 11.6 Å². The van der Waals surface area contributed by atoms with Gasteiger partial charge in [-0.05, 0) is 0 Å². The molecule has 2 rings (SSSR count). The van der Waals surface area contributed by atoms with Gasteiger partial charge in [0.25, 0.3) is 0 Å². The molecule has 0 atom stereocenters. The van der Waals surface area contributed by atoms with E-state index in [9.17, 15) is 0 Å². The number of imidazole rings is 1. The van der Waals surface area contributed by atoms with Gasteiger partial charge in [-0.1, -0.05) is 41.5 Å². The fraction of sp³-hybridized carbons (Fsp3) is 0.667. The van der Waals surface area contributed by atoms with Crippen LogP contribution >= 0.6 is 0 Å². The Hall–Kier alpha value is -1.65. The van der Waals surface area contributed by atoms with Crippen molar-refractivity contribution < 1.29 is 0 Å². The summed E-state index contributed by atoms with van der Waals surface area (Å²) in [6.45, 7) is 12.9. The summed E-state index contributed by atoms with van der Waals surface area (Å²) < 4.78 is 4.00. The third-order valence-electron chi connectivity index (χ3n) is 2.87. The first-order valence-corrected chi connectivity index (χ1v) is 6.85. The molecule has 0 fully saturated rings. The first kappa shape index (κ1) is 16.4. The van der Waals surface area contributed by atoms with Crippen molar-refractivity contribution in [1.82, 2.24) is 24.3 Å². The van der Waals surface area contributed by atoms with Crippen molar-refractivity contribution in [3.63, 3.8) is 0 Å². The SMILES string of the molecule is Cn1ccnc1C(C)(C)C.Cn1cnnc1C(C)(C)C. The summed E-state index contributed by atoms with van der Waals surface area (Å²) in [7, 11) is 3.98. The van der Waals surface area contributed by atoms with E-state index in [-0.39, 0.29) is 10.8 Å². The molecule has 0 saturated carbocycles. The highest BCUT2D eigenvalue weighted by molar-refractivity contribution is 5.03. The molecule has 0 amide bonds. The molecule has 112 valence electrons. The second kappa shape index (κ2) is 5.77. The van der Waals surface area contributed by atoms with Crippen LogP contribution in [-0.2, 0) is 24.9 Å². The molecule has 0 unspecified atom stereocenters. The third-order valence-corrected chi connectivity index (χ3v) is 2.87. The number of hydrogen-bond donors (Lipinski definition) is 0. The van der Waals surface area contributed by atoms with Crippen LogP contribution in [0.15, 0.2) is 18.7 Å². The van der Waals surface area contributed by atoms with Crippen LogP contribution in [0.2, 0.25) is 0 Å². The first-order valence-electron chi connectivity index (χ1n) is 6.85. The third kappa shape index (κ3) is 4.18. The maximum atomic E-state index is 4.25. The summed E-state index contributed by atoms with van der Waals surface area (Å²) in [6.07, 6.45) is 5.53. The molecule has 0 N–H and O–H groups in total. The van der Waals surface area contributed by atoms with Crippen molar-refractivity contribution in [2.45, 2.75) is 52.4 Å². The molecule has 2 aromatic rings.